The Morgan fingerprint density at radius 3 is 2.78 bits per heavy atom. The van der Waals surface area contributed by atoms with E-state index < -0.39 is 19.2 Å². The van der Waals surface area contributed by atoms with E-state index >= 15 is 0 Å². The van der Waals surface area contributed by atoms with Crippen LogP contribution in [0.4, 0.5) is 19.1 Å². The van der Waals surface area contributed by atoms with Crippen molar-refractivity contribution in [3.05, 3.63) is 10.7 Å². The number of hydrogen-bond acceptors (Lipinski definition) is 4. The van der Waals surface area contributed by atoms with Crippen LogP contribution >= 0.6 is 15.9 Å². The van der Waals surface area contributed by atoms with Gasteiger partial charge in [-0.2, -0.15) is 18.2 Å². The third kappa shape index (κ3) is 5.52. The summed E-state index contributed by atoms with van der Waals surface area (Å²) in [6, 6.07) is 0. The fraction of sp³-hybridized carbons (Fsp3) is 0.600. The molecule has 18 heavy (non-hydrogen) atoms. The Bertz CT molecular complexity index is 387. The molecule has 0 saturated carbocycles. The first kappa shape index (κ1) is 15.0. The molecular weight excluding hydrogens is 315 g/mol. The smallest absolute Gasteiger partial charge is 0.392 e. The number of anilines is 1. The van der Waals surface area contributed by atoms with Gasteiger partial charge in [0, 0.05) is 6.54 Å². The quantitative estimate of drug-likeness (QED) is 0.870. The minimum atomic E-state index is -4.23. The van der Waals surface area contributed by atoms with Gasteiger partial charge in [-0.15, -0.1) is 0 Å². The molecule has 1 N–H and O–H groups in total. The number of rotatable bonds is 6. The van der Waals surface area contributed by atoms with Gasteiger partial charge >= 0.3 is 6.18 Å². The van der Waals surface area contributed by atoms with E-state index in [1.807, 2.05) is 6.92 Å². The predicted octanol–water partition coefficient (Wildman–Crippen LogP) is 3.39. The van der Waals surface area contributed by atoms with Gasteiger partial charge in [-0.1, -0.05) is 6.92 Å². The van der Waals surface area contributed by atoms with E-state index in [0.29, 0.717) is 17.0 Å². The van der Waals surface area contributed by atoms with Crippen molar-refractivity contribution in [3.8, 4) is 5.88 Å². The van der Waals surface area contributed by atoms with Gasteiger partial charge in [-0.25, -0.2) is 4.98 Å². The Labute approximate surface area is 111 Å². The summed E-state index contributed by atoms with van der Waals surface area (Å²) in [5.74, 6) is 0.440. The Kier molecular flexibility index (Phi) is 5.64. The first-order chi connectivity index (χ1) is 8.42. The molecule has 102 valence electrons. The van der Waals surface area contributed by atoms with E-state index in [4.69, 9.17) is 4.74 Å². The summed E-state index contributed by atoms with van der Waals surface area (Å²) < 4.78 is 41.3. The summed E-state index contributed by atoms with van der Waals surface area (Å²) >= 11 is 3.12. The summed E-state index contributed by atoms with van der Waals surface area (Å²) in [6.07, 6.45) is -2.92. The minimum Gasteiger partial charge on any atom is -0.476 e. The second kappa shape index (κ2) is 6.77. The summed E-state index contributed by atoms with van der Waals surface area (Å²) in [4.78, 5) is 7.93. The number of ether oxygens (including phenoxy) is 1. The van der Waals surface area contributed by atoms with E-state index in [0.717, 1.165) is 6.42 Å². The molecule has 1 heterocycles. The molecule has 0 aliphatic heterocycles. The Morgan fingerprint density at radius 2 is 2.17 bits per heavy atom. The van der Waals surface area contributed by atoms with Gasteiger partial charge in [0.05, 0.1) is 23.7 Å². The predicted molar refractivity (Wildman–Crippen MR) is 64.7 cm³/mol. The lowest BCUT2D eigenvalue weighted by atomic mass is 10.4. The van der Waals surface area contributed by atoms with Crippen molar-refractivity contribution in [2.75, 3.05) is 18.5 Å². The monoisotopic (exact) mass is 327 g/mol. The first-order valence-corrected chi connectivity index (χ1v) is 6.17. The van der Waals surface area contributed by atoms with Crippen LogP contribution in [0, 0.1) is 0 Å². The van der Waals surface area contributed by atoms with Crippen molar-refractivity contribution in [1.29, 1.82) is 0 Å². The Balaban J connectivity index is 2.58. The topological polar surface area (TPSA) is 47.0 Å². The Hall–Kier alpha value is -1.05. The van der Waals surface area contributed by atoms with Crippen LogP contribution in [0.5, 0.6) is 5.88 Å². The van der Waals surface area contributed by atoms with Crippen LogP contribution in [0.15, 0.2) is 10.7 Å². The Morgan fingerprint density at radius 1 is 1.44 bits per heavy atom. The minimum absolute atomic E-state index is 0.104. The number of alkyl halides is 3. The van der Waals surface area contributed by atoms with Gasteiger partial charge in [0.15, 0.2) is 0 Å². The zero-order valence-electron chi connectivity index (χ0n) is 9.72. The highest BCUT2D eigenvalue weighted by atomic mass is 79.9. The van der Waals surface area contributed by atoms with E-state index in [2.05, 4.69) is 31.2 Å². The molecule has 0 unspecified atom stereocenters. The summed E-state index contributed by atoms with van der Waals surface area (Å²) in [6.45, 7) is 2.20. The van der Waals surface area contributed by atoms with Crippen LogP contribution in [0.1, 0.15) is 19.8 Å². The number of nitrogens with zero attached hydrogens (tertiary/aromatic N) is 2. The van der Waals surface area contributed by atoms with E-state index in [9.17, 15) is 13.2 Å². The molecule has 1 aromatic heterocycles. The first-order valence-electron chi connectivity index (χ1n) is 5.38. The highest BCUT2D eigenvalue weighted by Crippen LogP contribution is 2.24. The molecule has 0 atom stereocenters. The maximum Gasteiger partial charge on any atom is 0.392 e. The molecule has 1 aromatic rings. The zero-order valence-corrected chi connectivity index (χ0v) is 11.3. The lowest BCUT2D eigenvalue weighted by Crippen LogP contribution is -2.14. The van der Waals surface area contributed by atoms with E-state index in [-0.39, 0.29) is 5.88 Å². The molecular formula is C10H13BrF3N3O. The third-order valence-corrected chi connectivity index (χ3v) is 2.41. The molecule has 0 aliphatic carbocycles. The van der Waals surface area contributed by atoms with Crippen molar-refractivity contribution in [3.63, 3.8) is 0 Å². The standard InChI is InChI=1S/C10H13BrF3N3O/c1-2-4-15-9-16-6-7(11)8(17-9)18-5-3-10(12,13)14/h6H,2-5H2,1H3,(H,15,16,17). The van der Waals surface area contributed by atoms with Crippen LogP contribution in [0.3, 0.4) is 0 Å². The van der Waals surface area contributed by atoms with Crippen molar-refractivity contribution >= 4 is 21.9 Å². The van der Waals surface area contributed by atoms with Crippen LogP contribution in [-0.2, 0) is 0 Å². The lowest BCUT2D eigenvalue weighted by Gasteiger charge is -2.10. The third-order valence-electron chi connectivity index (χ3n) is 1.87. The molecule has 0 amide bonds. The normalized spacial score (nSPS) is 11.4. The van der Waals surface area contributed by atoms with E-state index in [1.165, 1.54) is 6.20 Å². The van der Waals surface area contributed by atoms with Gasteiger partial charge in [0.2, 0.25) is 11.8 Å². The average molecular weight is 328 g/mol. The number of halogens is 4. The van der Waals surface area contributed by atoms with Crippen molar-refractivity contribution in [2.45, 2.75) is 25.9 Å². The van der Waals surface area contributed by atoms with Gasteiger partial charge < -0.3 is 10.1 Å². The van der Waals surface area contributed by atoms with Gasteiger partial charge in [-0.05, 0) is 22.4 Å². The second-order valence-corrected chi connectivity index (χ2v) is 4.34. The maximum absolute atomic E-state index is 12.0. The van der Waals surface area contributed by atoms with Crippen molar-refractivity contribution < 1.29 is 17.9 Å². The van der Waals surface area contributed by atoms with E-state index in [1.54, 1.807) is 0 Å². The highest BCUT2D eigenvalue weighted by Gasteiger charge is 2.27. The van der Waals surface area contributed by atoms with Crippen molar-refractivity contribution in [2.24, 2.45) is 0 Å². The molecule has 0 bridgehead atoms. The number of hydrogen-bond donors (Lipinski definition) is 1. The lowest BCUT2D eigenvalue weighted by molar-refractivity contribution is -0.139. The molecule has 4 nitrogen and oxygen atoms in total. The maximum atomic E-state index is 12.0. The molecule has 0 aliphatic rings. The highest BCUT2D eigenvalue weighted by molar-refractivity contribution is 9.10. The SMILES string of the molecule is CCCNc1ncc(Br)c(OCCC(F)(F)F)n1. The molecule has 0 fully saturated rings. The van der Waals surface area contributed by atoms with Gasteiger partial charge in [0.25, 0.3) is 0 Å². The molecule has 0 aromatic carbocycles. The molecule has 0 radical (unpaired) electrons. The average Bonchev–Trinajstić information content (AvgIpc) is 2.28. The zero-order chi connectivity index (χ0) is 13.6. The molecule has 1 rings (SSSR count). The van der Waals surface area contributed by atoms with Gasteiger partial charge in [-0.3, -0.25) is 0 Å². The summed E-state index contributed by atoms with van der Waals surface area (Å²) in [5.41, 5.74) is 0. The van der Waals surface area contributed by atoms with Crippen molar-refractivity contribution in [1.82, 2.24) is 9.97 Å². The fourth-order valence-electron chi connectivity index (χ4n) is 1.04. The second-order valence-electron chi connectivity index (χ2n) is 3.49. The van der Waals surface area contributed by atoms with Gasteiger partial charge in [0.1, 0.15) is 0 Å². The van der Waals surface area contributed by atoms with Crippen LogP contribution in [0.25, 0.3) is 0 Å². The summed E-state index contributed by atoms with van der Waals surface area (Å²) in [7, 11) is 0. The fourth-order valence-corrected chi connectivity index (χ4v) is 1.34. The molecule has 0 spiro atoms. The number of aromatic nitrogens is 2. The van der Waals surface area contributed by atoms with Crippen LogP contribution in [0.2, 0.25) is 0 Å². The summed E-state index contributed by atoms with van der Waals surface area (Å²) in [5, 5.41) is 2.92. The largest absolute Gasteiger partial charge is 0.476 e. The molecule has 8 heteroatoms. The molecule has 0 saturated heterocycles. The number of nitrogens with one attached hydrogen (secondary N) is 1. The van der Waals surface area contributed by atoms with Crippen LogP contribution in [-0.4, -0.2) is 29.3 Å². The van der Waals surface area contributed by atoms with Crippen LogP contribution < -0.4 is 10.1 Å².